The molecule has 0 unspecified atom stereocenters. The average molecular weight is 659 g/mol. The molecule has 9 aromatic rings. The quantitative estimate of drug-likeness (QED) is 0.170. The summed E-state index contributed by atoms with van der Waals surface area (Å²) in [6.07, 6.45) is 3.93. The number of rotatable bonds is 7. The predicted octanol–water partition coefficient (Wildman–Crippen LogP) is 11.7. The van der Waals surface area contributed by atoms with E-state index in [9.17, 15) is 0 Å². The van der Waals surface area contributed by atoms with E-state index in [1.807, 2.05) is 140 Å². The van der Waals surface area contributed by atoms with Crippen LogP contribution in [0.1, 0.15) is 23.9 Å². The van der Waals surface area contributed by atoms with Crippen LogP contribution in [0.5, 0.6) is 0 Å². The molecule has 0 N–H and O–H groups in total. The average Bonchev–Trinajstić information content (AvgIpc) is 3.76. The Morgan fingerprint density at radius 2 is 1.20 bits per heavy atom. The first-order valence-electron chi connectivity index (χ1n) is 16.8. The number of para-hydroxylation sites is 1. The van der Waals surface area contributed by atoms with Crippen molar-refractivity contribution in [3.63, 3.8) is 0 Å². The zero-order valence-corrected chi connectivity index (χ0v) is 27.7. The zero-order valence-electron chi connectivity index (χ0n) is 27.7. The third-order valence-corrected chi connectivity index (χ3v) is 9.00. The van der Waals surface area contributed by atoms with Crippen molar-refractivity contribution in [3.8, 4) is 45.3 Å². The normalized spacial score (nSPS) is 11.6. The number of benzene rings is 5. The SMILES string of the molecule is C=C(c1cc(-c2ccccc2)nc(-c2ccccc2)n1)c1c(/C=C\C)oc2ccc(-c3nc(-c4ccccc4)nc4c3oc3ccccc34)cc12. The van der Waals surface area contributed by atoms with Gasteiger partial charge in [-0.3, -0.25) is 0 Å². The summed E-state index contributed by atoms with van der Waals surface area (Å²) in [5.74, 6) is 1.94. The lowest BCUT2D eigenvalue weighted by molar-refractivity contribution is 0.603. The second-order valence-corrected chi connectivity index (χ2v) is 12.3. The summed E-state index contributed by atoms with van der Waals surface area (Å²) in [6, 6.07) is 46.2. The van der Waals surface area contributed by atoms with Gasteiger partial charge in [0.25, 0.3) is 0 Å². The Hall–Kier alpha value is -6.92. The van der Waals surface area contributed by atoms with E-state index in [-0.39, 0.29) is 0 Å². The third kappa shape index (κ3) is 5.40. The van der Waals surface area contributed by atoms with E-state index in [1.165, 1.54) is 0 Å². The van der Waals surface area contributed by atoms with Gasteiger partial charge in [-0.1, -0.05) is 116 Å². The van der Waals surface area contributed by atoms with E-state index in [2.05, 4.69) is 24.8 Å². The van der Waals surface area contributed by atoms with Gasteiger partial charge in [0.2, 0.25) is 0 Å². The monoisotopic (exact) mass is 658 g/mol. The molecule has 4 heterocycles. The van der Waals surface area contributed by atoms with Crippen LogP contribution in [-0.2, 0) is 0 Å². The first-order chi connectivity index (χ1) is 25.1. The molecule has 0 aliphatic carbocycles. The highest BCUT2D eigenvalue weighted by Crippen LogP contribution is 2.40. The van der Waals surface area contributed by atoms with E-state index >= 15 is 0 Å². The summed E-state index contributed by atoms with van der Waals surface area (Å²) >= 11 is 0. The van der Waals surface area contributed by atoms with Crippen LogP contribution in [0.2, 0.25) is 0 Å². The molecule has 0 radical (unpaired) electrons. The molecule has 0 aliphatic heterocycles. The van der Waals surface area contributed by atoms with Crippen molar-refractivity contribution in [3.05, 3.63) is 169 Å². The van der Waals surface area contributed by atoms with Gasteiger partial charge in [0.05, 0.1) is 11.4 Å². The van der Waals surface area contributed by atoms with Crippen molar-refractivity contribution in [2.45, 2.75) is 6.92 Å². The number of fused-ring (bicyclic) bond motifs is 4. The Balaban J connectivity index is 1.26. The van der Waals surface area contributed by atoms with Gasteiger partial charge in [-0.2, -0.15) is 0 Å². The molecular formula is C45H30N4O2. The summed E-state index contributed by atoms with van der Waals surface area (Å²) < 4.78 is 12.9. The fraction of sp³-hybridized carbons (Fsp3) is 0.0222. The molecule has 51 heavy (non-hydrogen) atoms. The van der Waals surface area contributed by atoms with Gasteiger partial charge in [-0.05, 0) is 49.4 Å². The predicted molar refractivity (Wildman–Crippen MR) is 206 cm³/mol. The Morgan fingerprint density at radius 3 is 1.90 bits per heavy atom. The van der Waals surface area contributed by atoms with Crippen molar-refractivity contribution in [2.24, 2.45) is 0 Å². The first-order valence-corrected chi connectivity index (χ1v) is 16.8. The van der Waals surface area contributed by atoms with Gasteiger partial charge in [-0.25, -0.2) is 19.9 Å². The number of allylic oxidation sites excluding steroid dienone is 1. The van der Waals surface area contributed by atoms with Gasteiger partial charge in [0.1, 0.15) is 28.1 Å². The van der Waals surface area contributed by atoms with Crippen molar-refractivity contribution in [2.75, 3.05) is 0 Å². The highest BCUT2D eigenvalue weighted by Gasteiger charge is 2.23. The zero-order chi connectivity index (χ0) is 34.3. The maximum Gasteiger partial charge on any atom is 0.180 e. The third-order valence-electron chi connectivity index (χ3n) is 9.00. The van der Waals surface area contributed by atoms with Crippen LogP contribution in [0, 0.1) is 0 Å². The molecule has 0 amide bonds. The molecule has 0 fully saturated rings. The second kappa shape index (κ2) is 12.5. The molecule has 0 bridgehead atoms. The Kier molecular flexibility index (Phi) is 7.40. The lowest BCUT2D eigenvalue weighted by Crippen LogP contribution is -1.99. The molecule has 0 saturated carbocycles. The number of hydrogen-bond donors (Lipinski definition) is 0. The minimum absolute atomic E-state index is 0.621. The van der Waals surface area contributed by atoms with Crippen LogP contribution < -0.4 is 0 Å². The molecule has 4 aromatic heterocycles. The number of aromatic nitrogens is 4. The van der Waals surface area contributed by atoms with Crippen LogP contribution in [0.15, 0.2) is 161 Å². The van der Waals surface area contributed by atoms with Crippen molar-refractivity contribution < 1.29 is 8.83 Å². The highest BCUT2D eigenvalue weighted by molar-refractivity contribution is 6.08. The standard InChI is InChI=1S/C45H30N4O2/c1-3-15-39-40(28(2)35-27-36(29-16-7-4-8-17-29)47-44(46-35)30-18-9-5-10-19-30)34-26-32(24-25-38(34)50-39)41-43-42(33-22-13-14-23-37(33)51-43)49-45(48-41)31-20-11-6-12-21-31/h3-27H,2H2,1H3/b15-3-. The summed E-state index contributed by atoms with van der Waals surface area (Å²) in [5.41, 5.74) is 10.4. The minimum Gasteiger partial charge on any atom is -0.456 e. The number of nitrogens with zero attached hydrogens (tertiary/aromatic N) is 4. The maximum absolute atomic E-state index is 6.48. The lowest BCUT2D eigenvalue weighted by atomic mass is 9.97. The lowest BCUT2D eigenvalue weighted by Gasteiger charge is -2.11. The molecule has 242 valence electrons. The van der Waals surface area contributed by atoms with E-state index < -0.39 is 0 Å². The van der Waals surface area contributed by atoms with E-state index in [1.54, 1.807) is 0 Å². The molecule has 0 aliphatic rings. The molecule has 0 atom stereocenters. The van der Waals surface area contributed by atoms with Crippen molar-refractivity contribution in [1.29, 1.82) is 0 Å². The molecule has 9 rings (SSSR count). The molecule has 5 aromatic carbocycles. The smallest absolute Gasteiger partial charge is 0.180 e. The van der Waals surface area contributed by atoms with Crippen molar-refractivity contribution in [1.82, 2.24) is 19.9 Å². The fourth-order valence-corrected chi connectivity index (χ4v) is 6.55. The van der Waals surface area contributed by atoms with Crippen LogP contribution in [0.3, 0.4) is 0 Å². The Bertz CT molecular complexity index is 2710. The summed E-state index contributed by atoms with van der Waals surface area (Å²) in [5, 5.41) is 1.82. The molecule has 6 heteroatoms. The van der Waals surface area contributed by atoms with E-state index in [4.69, 9.17) is 28.8 Å². The molecule has 0 saturated heterocycles. The van der Waals surface area contributed by atoms with Gasteiger partial charge in [0.15, 0.2) is 17.2 Å². The highest BCUT2D eigenvalue weighted by atomic mass is 16.3. The second-order valence-electron chi connectivity index (χ2n) is 12.3. The summed E-state index contributed by atoms with van der Waals surface area (Å²) in [4.78, 5) is 20.2. The van der Waals surface area contributed by atoms with Gasteiger partial charge in [0, 0.05) is 44.2 Å². The number of furan rings is 2. The topological polar surface area (TPSA) is 77.8 Å². The van der Waals surface area contributed by atoms with E-state index in [0.717, 1.165) is 66.5 Å². The van der Waals surface area contributed by atoms with Crippen LogP contribution >= 0.6 is 0 Å². The Morgan fingerprint density at radius 1 is 0.569 bits per heavy atom. The maximum atomic E-state index is 6.48. The van der Waals surface area contributed by atoms with Crippen LogP contribution in [0.25, 0.3) is 90.0 Å². The molecule has 0 spiro atoms. The fourth-order valence-electron chi connectivity index (χ4n) is 6.55. The van der Waals surface area contributed by atoms with Crippen LogP contribution in [0.4, 0.5) is 0 Å². The summed E-state index contributed by atoms with van der Waals surface area (Å²) in [7, 11) is 0. The number of hydrogen-bond acceptors (Lipinski definition) is 6. The largest absolute Gasteiger partial charge is 0.456 e. The minimum atomic E-state index is 0.621. The molecule has 6 nitrogen and oxygen atoms in total. The van der Waals surface area contributed by atoms with Gasteiger partial charge >= 0.3 is 0 Å². The van der Waals surface area contributed by atoms with Crippen molar-refractivity contribution >= 4 is 44.7 Å². The Labute approximate surface area is 294 Å². The van der Waals surface area contributed by atoms with Crippen LogP contribution in [-0.4, -0.2) is 19.9 Å². The van der Waals surface area contributed by atoms with Gasteiger partial charge < -0.3 is 8.83 Å². The molecular weight excluding hydrogens is 629 g/mol. The summed E-state index contributed by atoms with van der Waals surface area (Å²) in [6.45, 7) is 6.61. The van der Waals surface area contributed by atoms with E-state index in [0.29, 0.717) is 34.4 Å². The first kappa shape index (κ1) is 30.2. The van der Waals surface area contributed by atoms with Gasteiger partial charge in [-0.15, -0.1) is 0 Å².